The summed E-state index contributed by atoms with van der Waals surface area (Å²) < 4.78 is 5.76. The summed E-state index contributed by atoms with van der Waals surface area (Å²) in [5.41, 5.74) is 0.964. The van der Waals surface area contributed by atoms with Crippen LogP contribution in [0.3, 0.4) is 0 Å². The lowest BCUT2D eigenvalue weighted by atomic mass is 10.2. The van der Waals surface area contributed by atoms with E-state index in [2.05, 4.69) is 36.6 Å². The molecule has 1 heterocycles. The largest absolute Gasteiger partial charge is 0.460 e. The molecular formula is C15H22N2O. The van der Waals surface area contributed by atoms with Crippen molar-refractivity contribution in [2.24, 2.45) is 0 Å². The van der Waals surface area contributed by atoms with Gasteiger partial charge in [0.15, 0.2) is 0 Å². The molecule has 98 valence electrons. The summed E-state index contributed by atoms with van der Waals surface area (Å²) in [7, 11) is 0. The standard InChI is InChI=1S/C15H22N2O/c1-3-8-16-10-12(2)17-11-14-9-13-6-4-5-7-15(13)18-14/h4-7,9,12,16-17H,3,8,10-11H2,1-2H3. The lowest BCUT2D eigenvalue weighted by molar-refractivity contribution is 0.456. The smallest absolute Gasteiger partial charge is 0.134 e. The van der Waals surface area contributed by atoms with Gasteiger partial charge in [-0.1, -0.05) is 25.1 Å². The number of hydrogen-bond acceptors (Lipinski definition) is 3. The number of fused-ring (bicyclic) bond motifs is 1. The topological polar surface area (TPSA) is 37.2 Å². The first-order valence-electron chi connectivity index (χ1n) is 6.71. The Morgan fingerprint density at radius 3 is 2.89 bits per heavy atom. The van der Waals surface area contributed by atoms with E-state index in [1.165, 1.54) is 11.8 Å². The van der Waals surface area contributed by atoms with E-state index in [0.29, 0.717) is 6.04 Å². The molecule has 0 aliphatic rings. The van der Waals surface area contributed by atoms with E-state index >= 15 is 0 Å². The first kappa shape index (κ1) is 13.1. The maximum Gasteiger partial charge on any atom is 0.134 e. The zero-order chi connectivity index (χ0) is 12.8. The van der Waals surface area contributed by atoms with E-state index in [0.717, 1.165) is 31.0 Å². The van der Waals surface area contributed by atoms with Gasteiger partial charge in [0.2, 0.25) is 0 Å². The second kappa shape index (κ2) is 6.57. The molecule has 0 aliphatic carbocycles. The molecule has 1 atom stereocenters. The average Bonchev–Trinajstić information content (AvgIpc) is 2.79. The summed E-state index contributed by atoms with van der Waals surface area (Å²) in [5.74, 6) is 0.999. The van der Waals surface area contributed by atoms with Crippen LogP contribution in [0.1, 0.15) is 26.0 Å². The van der Waals surface area contributed by atoms with Crippen LogP contribution in [0.4, 0.5) is 0 Å². The Kier molecular flexibility index (Phi) is 4.79. The molecule has 0 aliphatic heterocycles. The van der Waals surface area contributed by atoms with Gasteiger partial charge in [0, 0.05) is 18.0 Å². The number of para-hydroxylation sites is 1. The van der Waals surface area contributed by atoms with E-state index in [9.17, 15) is 0 Å². The summed E-state index contributed by atoms with van der Waals surface area (Å²) in [4.78, 5) is 0. The monoisotopic (exact) mass is 246 g/mol. The highest BCUT2D eigenvalue weighted by atomic mass is 16.3. The minimum atomic E-state index is 0.449. The number of hydrogen-bond donors (Lipinski definition) is 2. The molecule has 2 aromatic rings. The third-order valence-electron chi connectivity index (χ3n) is 2.98. The molecule has 0 radical (unpaired) electrons. The summed E-state index contributed by atoms with van der Waals surface area (Å²) in [6.07, 6.45) is 1.18. The highest BCUT2D eigenvalue weighted by molar-refractivity contribution is 5.77. The van der Waals surface area contributed by atoms with Crippen molar-refractivity contribution < 1.29 is 4.42 Å². The zero-order valence-corrected chi connectivity index (χ0v) is 11.2. The van der Waals surface area contributed by atoms with Gasteiger partial charge >= 0.3 is 0 Å². The Bertz CT molecular complexity index is 445. The van der Waals surface area contributed by atoms with Crippen molar-refractivity contribution >= 4 is 11.0 Å². The van der Waals surface area contributed by atoms with Crippen LogP contribution < -0.4 is 10.6 Å². The van der Waals surface area contributed by atoms with Gasteiger partial charge in [0.1, 0.15) is 11.3 Å². The lowest BCUT2D eigenvalue weighted by Gasteiger charge is -2.13. The van der Waals surface area contributed by atoms with Crippen molar-refractivity contribution in [2.75, 3.05) is 13.1 Å². The Hall–Kier alpha value is -1.32. The molecule has 0 bridgehead atoms. The fourth-order valence-electron chi connectivity index (χ4n) is 1.97. The number of benzene rings is 1. The van der Waals surface area contributed by atoms with E-state index in [4.69, 9.17) is 4.42 Å². The molecule has 1 aromatic carbocycles. The highest BCUT2D eigenvalue weighted by Gasteiger charge is 2.05. The molecule has 3 nitrogen and oxygen atoms in total. The summed E-state index contributed by atoms with van der Waals surface area (Å²) in [6.45, 7) is 7.22. The third-order valence-corrected chi connectivity index (χ3v) is 2.98. The van der Waals surface area contributed by atoms with Gasteiger partial charge < -0.3 is 15.1 Å². The van der Waals surface area contributed by atoms with E-state index in [1.807, 2.05) is 18.2 Å². The Balaban J connectivity index is 1.82. The van der Waals surface area contributed by atoms with E-state index in [-0.39, 0.29) is 0 Å². The molecule has 0 saturated heterocycles. The summed E-state index contributed by atoms with van der Waals surface area (Å²) in [6, 6.07) is 10.7. The van der Waals surface area contributed by atoms with Gasteiger partial charge in [-0.25, -0.2) is 0 Å². The molecule has 0 saturated carbocycles. The van der Waals surface area contributed by atoms with Crippen LogP contribution in [-0.4, -0.2) is 19.1 Å². The predicted octanol–water partition coefficient (Wildman–Crippen LogP) is 2.91. The van der Waals surface area contributed by atoms with Crippen LogP contribution in [0.2, 0.25) is 0 Å². The molecule has 2 rings (SSSR count). The molecule has 0 spiro atoms. The maximum absolute atomic E-state index is 5.76. The molecule has 0 amide bonds. The molecule has 1 unspecified atom stereocenters. The zero-order valence-electron chi connectivity index (χ0n) is 11.2. The first-order valence-corrected chi connectivity index (χ1v) is 6.71. The predicted molar refractivity (Wildman–Crippen MR) is 75.7 cm³/mol. The van der Waals surface area contributed by atoms with Crippen LogP contribution in [0, 0.1) is 0 Å². The second-order valence-electron chi connectivity index (χ2n) is 4.74. The maximum atomic E-state index is 5.76. The van der Waals surface area contributed by atoms with Crippen molar-refractivity contribution in [1.82, 2.24) is 10.6 Å². The first-order chi connectivity index (χ1) is 8.79. The van der Waals surface area contributed by atoms with Crippen LogP contribution >= 0.6 is 0 Å². The van der Waals surface area contributed by atoms with Gasteiger partial charge in [-0.05, 0) is 32.0 Å². The quantitative estimate of drug-likeness (QED) is 0.738. The molecule has 3 heteroatoms. The number of rotatable bonds is 7. The van der Waals surface area contributed by atoms with Crippen LogP contribution in [0.25, 0.3) is 11.0 Å². The normalized spacial score (nSPS) is 13.0. The SMILES string of the molecule is CCCNCC(C)NCc1cc2ccccc2o1. The molecular weight excluding hydrogens is 224 g/mol. The van der Waals surface area contributed by atoms with Crippen LogP contribution in [0.15, 0.2) is 34.7 Å². The Morgan fingerprint density at radius 1 is 1.28 bits per heavy atom. The number of furan rings is 1. The molecule has 1 aromatic heterocycles. The van der Waals surface area contributed by atoms with Crippen molar-refractivity contribution in [2.45, 2.75) is 32.9 Å². The van der Waals surface area contributed by atoms with Gasteiger partial charge in [0.25, 0.3) is 0 Å². The Morgan fingerprint density at radius 2 is 2.11 bits per heavy atom. The fourth-order valence-corrected chi connectivity index (χ4v) is 1.97. The second-order valence-corrected chi connectivity index (χ2v) is 4.74. The summed E-state index contributed by atoms with van der Waals surface area (Å²) in [5, 5.41) is 8.04. The van der Waals surface area contributed by atoms with Crippen LogP contribution in [0.5, 0.6) is 0 Å². The third kappa shape index (κ3) is 3.59. The van der Waals surface area contributed by atoms with Gasteiger partial charge in [-0.3, -0.25) is 0 Å². The van der Waals surface area contributed by atoms with Crippen LogP contribution in [-0.2, 0) is 6.54 Å². The van der Waals surface area contributed by atoms with E-state index in [1.54, 1.807) is 0 Å². The highest BCUT2D eigenvalue weighted by Crippen LogP contribution is 2.18. The number of nitrogens with one attached hydrogen (secondary N) is 2. The van der Waals surface area contributed by atoms with Gasteiger partial charge in [-0.15, -0.1) is 0 Å². The molecule has 2 N–H and O–H groups in total. The van der Waals surface area contributed by atoms with Gasteiger partial charge in [-0.2, -0.15) is 0 Å². The van der Waals surface area contributed by atoms with Crippen molar-refractivity contribution in [3.05, 3.63) is 36.1 Å². The lowest BCUT2D eigenvalue weighted by Crippen LogP contribution is -2.36. The minimum Gasteiger partial charge on any atom is -0.460 e. The van der Waals surface area contributed by atoms with Crippen molar-refractivity contribution in [3.8, 4) is 0 Å². The molecule has 18 heavy (non-hydrogen) atoms. The Labute approximate surface area is 109 Å². The van der Waals surface area contributed by atoms with Crippen molar-refractivity contribution in [3.63, 3.8) is 0 Å². The fraction of sp³-hybridized carbons (Fsp3) is 0.467. The van der Waals surface area contributed by atoms with Crippen molar-refractivity contribution in [1.29, 1.82) is 0 Å². The van der Waals surface area contributed by atoms with Gasteiger partial charge in [0.05, 0.1) is 6.54 Å². The minimum absolute atomic E-state index is 0.449. The average molecular weight is 246 g/mol. The van der Waals surface area contributed by atoms with E-state index < -0.39 is 0 Å². The molecule has 0 fully saturated rings. The summed E-state index contributed by atoms with van der Waals surface area (Å²) >= 11 is 0.